The molecule has 0 aliphatic heterocycles. The molecule has 1 aromatic rings. The van der Waals surface area contributed by atoms with Crippen molar-refractivity contribution in [2.24, 2.45) is 0 Å². The quantitative estimate of drug-likeness (QED) is 0.724. The Morgan fingerprint density at radius 2 is 1.67 bits per heavy atom. The van der Waals surface area contributed by atoms with Gasteiger partial charge in [-0.3, -0.25) is 9.59 Å². The SMILES string of the molecule is COC(=O)CCc1cc(C)c(CCC(=O)OC)o1. The van der Waals surface area contributed by atoms with Gasteiger partial charge in [0.1, 0.15) is 11.5 Å². The lowest BCUT2D eigenvalue weighted by molar-refractivity contribution is -0.141. The van der Waals surface area contributed by atoms with Crippen molar-refractivity contribution in [3.8, 4) is 0 Å². The minimum atomic E-state index is -0.264. The van der Waals surface area contributed by atoms with Crippen molar-refractivity contribution >= 4 is 11.9 Å². The third kappa shape index (κ3) is 4.24. The summed E-state index contributed by atoms with van der Waals surface area (Å²) in [5, 5.41) is 0. The molecule has 0 N–H and O–H groups in total. The molecular formula is C13H18O5. The van der Waals surface area contributed by atoms with Gasteiger partial charge in [-0.25, -0.2) is 0 Å². The van der Waals surface area contributed by atoms with Gasteiger partial charge in [0.25, 0.3) is 0 Å². The van der Waals surface area contributed by atoms with Crippen molar-refractivity contribution < 1.29 is 23.5 Å². The molecule has 1 rings (SSSR count). The van der Waals surface area contributed by atoms with Crippen LogP contribution in [0.25, 0.3) is 0 Å². The van der Waals surface area contributed by atoms with Crippen LogP contribution in [0.3, 0.4) is 0 Å². The van der Waals surface area contributed by atoms with Gasteiger partial charge in [0.2, 0.25) is 0 Å². The molecule has 0 aliphatic carbocycles. The largest absolute Gasteiger partial charge is 0.469 e. The number of furan rings is 1. The van der Waals surface area contributed by atoms with Crippen LogP contribution < -0.4 is 0 Å². The Kier molecular flexibility index (Phi) is 5.42. The summed E-state index contributed by atoms with van der Waals surface area (Å²) in [7, 11) is 2.72. The van der Waals surface area contributed by atoms with Gasteiger partial charge < -0.3 is 13.9 Å². The summed E-state index contributed by atoms with van der Waals surface area (Å²) in [6, 6.07) is 1.88. The fourth-order valence-electron chi connectivity index (χ4n) is 1.61. The predicted octanol–water partition coefficient (Wildman–Crippen LogP) is 1.80. The topological polar surface area (TPSA) is 65.7 Å². The molecule has 0 spiro atoms. The Balaban J connectivity index is 2.53. The fourth-order valence-corrected chi connectivity index (χ4v) is 1.61. The van der Waals surface area contributed by atoms with Gasteiger partial charge in [0, 0.05) is 12.8 Å². The highest BCUT2D eigenvalue weighted by Gasteiger charge is 2.11. The van der Waals surface area contributed by atoms with Gasteiger partial charge in [-0.15, -0.1) is 0 Å². The van der Waals surface area contributed by atoms with E-state index in [1.807, 2.05) is 13.0 Å². The molecule has 0 aliphatic rings. The number of hydrogen-bond acceptors (Lipinski definition) is 5. The smallest absolute Gasteiger partial charge is 0.305 e. The maximum Gasteiger partial charge on any atom is 0.305 e. The van der Waals surface area contributed by atoms with Crippen molar-refractivity contribution in [2.75, 3.05) is 14.2 Å². The molecule has 18 heavy (non-hydrogen) atoms. The molecule has 0 radical (unpaired) electrons. The molecule has 5 nitrogen and oxygen atoms in total. The molecule has 1 aromatic heterocycles. The number of ether oxygens (including phenoxy) is 2. The first kappa shape index (κ1) is 14.3. The number of carbonyl (C=O) groups is 2. The van der Waals surface area contributed by atoms with Crippen LogP contribution in [-0.4, -0.2) is 26.2 Å². The van der Waals surface area contributed by atoms with E-state index in [0.717, 1.165) is 17.1 Å². The molecule has 0 amide bonds. The Morgan fingerprint density at radius 1 is 1.11 bits per heavy atom. The summed E-state index contributed by atoms with van der Waals surface area (Å²) in [4.78, 5) is 22.0. The first-order chi connectivity index (χ1) is 8.56. The number of methoxy groups -OCH3 is 2. The van der Waals surface area contributed by atoms with Crippen LogP contribution in [0.15, 0.2) is 10.5 Å². The second kappa shape index (κ2) is 6.83. The highest BCUT2D eigenvalue weighted by Crippen LogP contribution is 2.18. The molecule has 0 unspecified atom stereocenters. The summed E-state index contributed by atoms with van der Waals surface area (Å²) in [6.45, 7) is 1.91. The Hall–Kier alpha value is -1.78. The van der Waals surface area contributed by atoms with E-state index in [-0.39, 0.29) is 11.9 Å². The Bertz CT molecular complexity index is 419. The predicted molar refractivity (Wildman–Crippen MR) is 64.1 cm³/mol. The van der Waals surface area contributed by atoms with Gasteiger partial charge in [-0.2, -0.15) is 0 Å². The van der Waals surface area contributed by atoms with E-state index in [9.17, 15) is 9.59 Å². The standard InChI is InChI=1S/C13H18O5/c1-9-8-10(4-6-12(14)16-2)18-11(9)5-7-13(15)17-3/h8H,4-7H2,1-3H3. The number of carbonyl (C=O) groups excluding carboxylic acids is 2. The van der Waals surface area contributed by atoms with E-state index in [1.54, 1.807) is 0 Å². The molecule has 100 valence electrons. The lowest BCUT2D eigenvalue weighted by Gasteiger charge is -1.99. The third-order valence-electron chi connectivity index (χ3n) is 2.66. The minimum Gasteiger partial charge on any atom is -0.469 e. The van der Waals surface area contributed by atoms with Crippen LogP contribution in [0.4, 0.5) is 0 Å². The number of esters is 2. The summed E-state index contributed by atoms with van der Waals surface area (Å²) in [5.74, 6) is 0.972. The van der Waals surface area contributed by atoms with Crippen molar-refractivity contribution in [1.29, 1.82) is 0 Å². The van der Waals surface area contributed by atoms with Crippen molar-refractivity contribution in [3.63, 3.8) is 0 Å². The van der Waals surface area contributed by atoms with E-state index >= 15 is 0 Å². The lowest BCUT2D eigenvalue weighted by Crippen LogP contribution is -2.02. The first-order valence-corrected chi connectivity index (χ1v) is 5.78. The van der Waals surface area contributed by atoms with Crippen LogP contribution in [-0.2, 0) is 31.9 Å². The molecule has 1 heterocycles. The summed E-state index contributed by atoms with van der Waals surface area (Å²) < 4.78 is 14.7. The first-order valence-electron chi connectivity index (χ1n) is 5.78. The van der Waals surface area contributed by atoms with E-state index < -0.39 is 0 Å². The van der Waals surface area contributed by atoms with E-state index in [1.165, 1.54) is 14.2 Å². The van der Waals surface area contributed by atoms with E-state index in [4.69, 9.17) is 4.42 Å². The van der Waals surface area contributed by atoms with Gasteiger partial charge in [-0.1, -0.05) is 0 Å². The van der Waals surface area contributed by atoms with Crippen LogP contribution in [0.2, 0.25) is 0 Å². The molecule has 0 saturated carbocycles. The van der Waals surface area contributed by atoms with Gasteiger partial charge in [0.05, 0.1) is 27.1 Å². The van der Waals surface area contributed by atoms with E-state index in [0.29, 0.717) is 25.7 Å². The van der Waals surface area contributed by atoms with Gasteiger partial charge >= 0.3 is 11.9 Å². The zero-order valence-corrected chi connectivity index (χ0v) is 10.9. The van der Waals surface area contributed by atoms with Crippen molar-refractivity contribution in [1.82, 2.24) is 0 Å². The number of rotatable bonds is 6. The van der Waals surface area contributed by atoms with Gasteiger partial charge in [-0.05, 0) is 18.6 Å². The average Bonchev–Trinajstić information content (AvgIpc) is 2.73. The van der Waals surface area contributed by atoms with Crippen LogP contribution in [0, 0.1) is 6.92 Å². The fraction of sp³-hybridized carbons (Fsp3) is 0.538. The van der Waals surface area contributed by atoms with Crippen LogP contribution in [0.5, 0.6) is 0 Å². The second-order valence-electron chi connectivity index (χ2n) is 3.97. The minimum absolute atomic E-state index is 0.262. The summed E-state index contributed by atoms with van der Waals surface area (Å²) in [5.41, 5.74) is 0.985. The van der Waals surface area contributed by atoms with Crippen LogP contribution in [0.1, 0.15) is 29.9 Å². The zero-order valence-electron chi connectivity index (χ0n) is 10.9. The normalized spacial score (nSPS) is 10.2. The highest BCUT2D eigenvalue weighted by molar-refractivity contribution is 5.69. The molecule has 0 bridgehead atoms. The average molecular weight is 254 g/mol. The van der Waals surface area contributed by atoms with E-state index in [2.05, 4.69) is 9.47 Å². The maximum absolute atomic E-state index is 11.0. The molecule has 5 heteroatoms. The lowest BCUT2D eigenvalue weighted by atomic mass is 10.1. The number of aryl methyl sites for hydroxylation is 3. The molecule has 0 fully saturated rings. The number of hydrogen-bond donors (Lipinski definition) is 0. The van der Waals surface area contributed by atoms with Crippen molar-refractivity contribution in [3.05, 3.63) is 23.2 Å². The highest BCUT2D eigenvalue weighted by atomic mass is 16.5. The molecule has 0 atom stereocenters. The maximum atomic E-state index is 11.0. The summed E-state index contributed by atoms with van der Waals surface area (Å²) in [6.07, 6.45) is 1.60. The monoisotopic (exact) mass is 254 g/mol. The summed E-state index contributed by atoms with van der Waals surface area (Å²) >= 11 is 0. The Morgan fingerprint density at radius 3 is 2.22 bits per heavy atom. The molecule has 0 aromatic carbocycles. The second-order valence-corrected chi connectivity index (χ2v) is 3.97. The van der Waals surface area contributed by atoms with Gasteiger partial charge in [0.15, 0.2) is 0 Å². The Labute approximate surface area is 106 Å². The van der Waals surface area contributed by atoms with Crippen LogP contribution >= 0.6 is 0 Å². The molecule has 0 saturated heterocycles. The van der Waals surface area contributed by atoms with Crippen molar-refractivity contribution in [2.45, 2.75) is 32.6 Å². The molecular weight excluding hydrogens is 236 g/mol. The zero-order chi connectivity index (χ0) is 13.5. The third-order valence-corrected chi connectivity index (χ3v) is 2.66.